The van der Waals surface area contributed by atoms with E-state index in [0.717, 1.165) is 0 Å². The lowest BCUT2D eigenvalue weighted by atomic mass is 9.85. The molecular weight excluding hydrogens is 273 g/mol. The standard InChI is InChI=1S/C13H17F3N2O2/c14-13(15,16)9-2-1-3-10(5-9)18-12(19)8-4-11(6-17)20-7-8/h4,7,9-10H,1-3,5-6,17H2,(H,18,19). The van der Waals surface area contributed by atoms with Crippen LogP contribution in [0.3, 0.4) is 0 Å². The predicted molar refractivity (Wildman–Crippen MR) is 65.9 cm³/mol. The van der Waals surface area contributed by atoms with Gasteiger partial charge in [0.1, 0.15) is 12.0 Å². The molecule has 112 valence electrons. The highest BCUT2D eigenvalue weighted by Crippen LogP contribution is 2.37. The summed E-state index contributed by atoms with van der Waals surface area (Å²) in [4.78, 5) is 11.9. The van der Waals surface area contributed by atoms with E-state index in [-0.39, 0.29) is 19.4 Å². The van der Waals surface area contributed by atoms with Crippen LogP contribution in [0.5, 0.6) is 0 Å². The lowest BCUT2D eigenvalue weighted by Gasteiger charge is -2.30. The Bertz CT molecular complexity index is 470. The second-order valence-electron chi connectivity index (χ2n) is 5.08. The fraction of sp³-hybridized carbons (Fsp3) is 0.615. The van der Waals surface area contributed by atoms with Crippen LogP contribution >= 0.6 is 0 Å². The molecule has 2 unspecified atom stereocenters. The molecule has 0 bridgehead atoms. The Morgan fingerprint density at radius 1 is 1.45 bits per heavy atom. The van der Waals surface area contributed by atoms with Gasteiger partial charge in [-0.2, -0.15) is 13.2 Å². The van der Waals surface area contributed by atoms with Gasteiger partial charge < -0.3 is 15.5 Å². The molecule has 1 saturated carbocycles. The monoisotopic (exact) mass is 290 g/mol. The predicted octanol–water partition coefficient (Wildman–Crippen LogP) is 2.59. The van der Waals surface area contributed by atoms with Gasteiger partial charge in [0.25, 0.3) is 5.91 Å². The van der Waals surface area contributed by atoms with Crippen molar-refractivity contribution in [2.24, 2.45) is 11.7 Å². The molecule has 4 nitrogen and oxygen atoms in total. The summed E-state index contributed by atoms with van der Waals surface area (Å²) in [6, 6.07) is 1.05. The van der Waals surface area contributed by atoms with Crippen LogP contribution in [0, 0.1) is 5.92 Å². The van der Waals surface area contributed by atoms with Crippen LogP contribution in [-0.4, -0.2) is 18.1 Å². The Labute approximate surface area is 114 Å². The summed E-state index contributed by atoms with van der Waals surface area (Å²) < 4.78 is 43.1. The summed E-state index contributed by atoms with van der Waals surface area (Å²) in [5.41, 5.74) is 5.65. The van der Waals surface area contributed by atoms with Gasteiger partial charge in [-0.25, -0.2) is 0 Å². The van der Waals surface area contributed by atoms with Gasteiger partial charge in [0.05, 0.1) is 18.0 Å². The zero-order valence-electron chi connectivity index (χ0n) is 10.9. The molecule has 7 heteroatoms. The molecule has 1 heterocycles. The Balaban J connectivity index is 1.94. The second kappa shape index (κ2) is 5.87. The minimum absolute atomic E-state index is 0.0587. The van der Waals surface area contributed by atoms with E-state index in [1.54, 1.807) is 0 Å². The number of nitrogens with one attached hydrogen (secondary N) is 1. The molecule has 0 saturated heterocycles. The summed E-state index contributed by atoms with van der Waals surface area (Å²) >= 11 is 0. The van der Waals surface area contributed by atoms with E-state index in [2.05, 4.69) is 5.32 Å². The molecule has 1 fully saturated rings. The molecule has 0 aliphatic heterocycles. The maximum Gasteiger partial charge on any atom is 0.391 e. The first-order chi connectivity index (χ1) is 9.40. The Morgan fingerprint density at radius 2 is 2.20 bits per heavy atom. The number of furan rings is 1. The van der Waals surface area contributed by atoms with Gasteiger partial charge in [-0.05, 0) is 25.3 Å². The normalized spacial score (nSPS) is 23.6. The largest absolute Gasteiger partial charge is 0.467 e. The molecule has 1 amide bonds. The van der Waals surface area contributed by atoms with E-state index in [1.807, 2.05) is 0 Å². The highest BCUT2D eigenvalue weighted by molar-refractivity contribution is 5.94. The number of rotatable bonds is 3. The van der Waals surface area contributed by atoms with Crippen molar-refractivity contribution in [1.29, 1.82) is 0 Å². The highest BCUT2D eigenvalue weighted by Gasteiger charge is 2.42. The summed E-state index contributed by atoms with van der Waals surface area (Å²) in [5.74, 6) is -1.28. The van der Waals surface area contributed by atoms with Crippen LogP contribution in [0.15, 0.2) is 16.7 Å². The minimum Gasteiger partial charge on any atom is -0.467 e. The number of carbonyl (C=O) groups is 1. The van der Waals surface area contributed by atoms with Crippen LogP contribution < -0.4 is 11.1 Å². The van der Waals surface area contributed by atoms with Crippen LogP contribution in [0.2, 0.25) is 0 Å². The lowest BCUT2D eigenvalue weighted by Crippen LogP contribution is -2.41. The van der Waals surface area contributed by atoms with Crippen LogP contribution in [0.1, 0.15) is 41.8 Å². The van der Waals surface area contributed by atoms with Gasteiger partial charge in [-0.15, -0.1) is 0 Å². The Hall–Kier alpha value is -1.50. The van der Waals surface area contributed by atoms with E-state index in [4.69, 9.17) is 10.2 Å². The van der Waals surface area contributed by atoms with E-state index in [0.29, 0.717) is 24.2 Å². The molecule has 20 heavy (non-hydrogen) atoms. The number of hydrogen-bond acceptors (Lipinski definition) is 3. The number of amides is 1. The van der Waals surface area contributed by atoms with Gasteiger partial charge in [-0.1, -0.05) is 6.42 Å². The van der Waals surface area contributed by atoms with Crippen molar-refractivity contribution in [2.45, 2.75) is 44.4 Å². The molecule has 3 N–H and O–H groups in total. The summed E-state index contributed by atoms with van der Waals surface area (Å²) in [6.45, 7) is 0.173. The molecule has 1 aromatic heterocycles. The Kier molecular flexibility index (Phi) is 4.37. The van der Waals surface area contributed by atoms with Gasteiger partial charge in [0, 0.05) is 6.04 Å². The third kappa shape index (κ3) is 3.53. The van der Waals surface area contributed by atoms with Crippen molar-refractivity contribution in [2.75, 3.05) is 0 Å². The topological polar surface area (TPSA) is 68.3 Å². The molecule has 2 rings (SSSR count). The van der Waals surface area contributed by atoms with Gasteiger partial charge in [-0.3, -0.25) is 4.79 Å². The summed E-state index contributed by atoms with van der Waals surface area (Å²) in [6.07, 6.45) is -1.81. The fourth-order valence-electron chi connectivity index (χ4n) is 2.49. The van der Waals surface area contributed by atoms with Crippen molar-refractivity contribution in [3.8, 4) is 0 Å². The average Bonchev–Trinajstić information content (AvgIpc) is 2.87. The molecule has 0 spiro atoms. The van der Waals surface area contributed by atoms with Gasteiger partial charge >= 0.3 is 6.18 Å². The first-order valence-electron chi connectivity index (χ1n) is 6.55. The molecule has 0 aromatic carbocycles. The second-order valence-corrected chi connectivity index (χ2v) is 5.08. The first-order valence-corrected chi connectivity index (χ1v) is 6.55. The smallest absolute Gasteiger partial charge is 0.391 e. The first kappa shape index (κ1) is 14.9. The average molecular weight is 290 g/mol. The minimum atomic E-state index is -4.19. The molecule has 1 aliphatic carbocycles. The Morgan fingerprint density at radius 3 is 2.80 bits per heavy atom. The van der Waals surface area contributed by atoms with Crippen LogP contribution in [-0.2, 0) is 6.54 Å². The van der Waals surface area contributed by atoms with Gasteiger partial charge in [0.15, 0.2) is 0 Å². The third-order valence-corrected chi connectivity index (χ3v) is 3.59. The van der Waals surface area contributed by atoms with Crippen molar-refractivity contribution in [3.05, 3.63) is 23.7 Å². The zero-order valence-corrected chi connectivity index (χ0v) is 10.9. The number of hydrogen-bond donors (Lipinski definition) is 2. The lowest BCUT2D eigenvalue weighted by molar-refractivity contribution is -0.183. The SMILES string of the molecule is NCc1cc(C(=O)NC2CCCC(C(F)(F)F)C2)co1. The highest BCUT2D eigenvalue weighted by atomic mass is 19.4. The van der Waals surface area contributed by atoms with Crippen LogP contribution in [0.25, 0.3) is 0 Å². The quantitative estimate of drug-likeness (QED) is 0.899. The fourth-order valence-corrected chi connectivity index (χ4v) is 2.49. The number of halogens is 3. The zero-order chi connectivity index (χ0) is 14.8. The van der Waals surface area contributed by atoms with Crippen LogP contribution in [0.4, 0.5) is 13.2 Å². The maximum atomic E-state index is 12.7. The molecule has 1 aromatic rings. The maximum absolute atomic E-state index is 12.7. The van der Waals surface area contributed by atoms with E-state index in [9.17, 15) is 18.0 Å². The van der Waals surface area contributed by atoms with Crippen molar-refractivity contribution in [3.63, 3.8) is 0 Å². The van der Waals surface area contributed by atoms with E-state index >= 15 is 0 Å². The van der Waals surface area contributed by atoms with Crippen molar-refractivity contribution in [1.82, 2.24) is 5.32 Å². The summed E-state index contributed by atoms with van der Waals surface area (Å²) in [7, 11) is 0. The molecule has 1 aliphatic rings. The number of alkyl halides is 3. The van der Waals surface area contributed by atoms with Crippen molar-refractivity contribution >= 4 is 5.91 Å². The molecular formula is C13H17F3N2O2. The molecule has 2 atom stereocenters. The van der Waals surface area contributed by atoms with E-state index in [1.165, 1.54) is 12.3 Å². The number of nitrogens with two attached hydrogens (primary N) is 1. The summed E-state index contributed by atoms with van der Waals surface area (Å²) in [5, 5.41) is 2.63. The van der Waals surface area contributed by atoms with Gasteiger partial charge in [0.2, 0.25) is 0 Å². The third-order valence-electron chi connectivity index (χ3n) is 3.59. The molecule has 0 radical (unpaired) electrons. The van der Waals surface area contributed by atoms with Crippen molar-refractivity contribution < 1.29 is 22.4 Å². The number of carbonyl (C=O) groups excluding carboxylic acids is 1. The van der Waals surface area contributed by atoms with E-state index < -0.39 is 24.0 Å².